The first kappa shape index (κ1) is 12.7. The largest absolute Gasteiger partial charge is 0.379 e. The van der Waals surface area contributed by atoms with Crippen molar-refractivity contribution >= 4 is 11.6 Å². The summed E-state index contributed by atoms with van der Waals surface area (Å²) in [7, 11) is 0. The summed E-state index contributed by atoms with van der Waals surface area (Å²) < 4.78 is 10.9. The molecule has 2 rings (SSSR count). The summed E-state index contributed by atoms with van der Waals surface area (Å²) in [6.07, 6.45) is 2.87. The number of halogens is 1. The Balaban J connectivity index is 1.96. The van der Waals surface area contributed by atoms with Crippen molar-refractivity contribution in [3.63, 3.8) is 0 Å². The molecule has 1 fully saturated rings. The second kappa shape index (κ2) is 5.76. The van der Waals surface area contributed by atoms with Crippen molar-refractivity contribution in [3.8, 4) is 0 Å². The molecule has 1 aliphatic rings. The van der Waals surface area contributed by atoms with Crippen LogP contribution in [0.5, 0.6) is 0 Å². The van der Waals surface area contributed by atoms with E-state index < -0.39 is 0 Å². The Morgan fingerprint density at radius 3 is 3.00 bits per heavy atom. The first-order chi connectivity index (χ1) is 8.16. The molecule has 4 nitrogen and oxygen atoms in total. The molecule has 0 bridgehead atoms. The van der Waals surface area contributed by atoms with Gasteiger partial charge in [0.1, 0.15) is 11.0 Å². The lowest BCUT2D eigenvalue weighted by Gasteiger charge is -2.11. The van der Waals surface area contributed by atoms with E-state index in [1.807, 2.05) is 13.8 Å². The van der Waals surface area contributed by atoms with E-state index in [1.54, 1.807) is 6.20 Å². The second-order valence-corrected chi connectivity index (χ2v) is 4.85. The molecular weight excluding hydrogens is 240 g/mol. The average molecular weight is 257 g/mol. The molecule has 1 atom stereocenters. The first-order valence-electron chi connectivity index (χ1n) is 5.87. The maximum atomic E-state index is 6.10. The third-order valence-electron chi connectivity index (χ3n) is 2.71. The normalized spacial score (nSPS) is 20.1. The minimum Gasteiger partial charge on any atom is -0.379 e. The number of ether oxygens (including phenoxy) is 2. The molecule has 2 heterocycles. The predicted molar refractivity (Wildman–Crippen MR) is 65.1 cm³/mol. The fourth-order valence-electron chi connectivity index (χ4n) is 1.63. The molecule has 0 N–H and O–H groups in total. The molecule has 17 heavy (non-hydrogen) atoms. The highest BCUT2D eigenvalue weighted by Crippen LogP contribution is 2.18. The molecule has 0 aliphatic carbocycles. The van der Waals surface area contributed by atoms with Crippen molar-refractivity contribution in [3.05, 3.63) is 22.7 Å². The molecule has 0 saturated carbocycles. The highest BCUT2D eigenvalue weighted by molar-refractivity contribution is 6.30. The fourth-order valence-corrected chi connectivity index (χ4v) is 1.82. The van der Waals surface area contributed by atoms with E-state index in [1.165, 1.54) is 0 Å². The van der Waals surface area contributed by atoms with E-state index >= 15 is 0 Å². The lowest BCUT2D eigenvalue weighted by molar-refractivity contribution is 0.0315. The van der Waals surface area contributed by atoms with Crippen LogP contribution in [0.25, 0.3) is 0 Å². The minimum atomic E-state index is 0.177. The van der Waals surface area contributed by atoms with E-state index in [9.17, 15) is 0 Å². The topological polar surface area (TPSA) is 44.2 Å². The lowest BCUT2D eigenvalue weighted by Crippen LogP contribution is -2.12. The Morgan fingerprint density at radius 1 is 1.59 bits per heavy atom. The summed E-state index contributed by atoms with van der Waals surface area (Å²) in [6, 6.07) is 0. The van der Waals surface area contributed by atoms with Crippen LogP contribution in [0, 0.1) is 0 Å². The highest BCUT2D eigenvalue weighted by Gasteiger charge is 2.17. The van der Waals surface area contributed by atoms with Crippen LogP contribution in [0.2, 0.25) is 5.15 Å². The van der Waals surface area contributed by atoms with Crippen LogP contribution < -0.4 is 0 Å². The zero-order valence-corrected chi connectivity index (χ0v) is 10.9. The monoisotopic (exact) mass is 256 g/mol. The number of hydrogen-bond donors (Lipinski definition) is 0. The zero-order chi connectivity index (χ0) is 12.3. The van der Waals surface area contributed by atoms with Gasteiger partial charge in [-0.25, -0.2) is 9.97 Å². The Morgan fingerprint density at radius 2 is 2.41 bits per heavy atom. The lowest BCUT2D eigenvalue weighted by atomic mass is 10.2. The summed E-state index contributed by atoms with van der Waals surface area (Å²) in [4.78, 5) is 8.54. The van der Waals surface area contributed by atoms with Gasteiger partial charge in [0.05, 0.1) is 19.3 Å². The number of rotatable bonds is 4. The van der Waals surface area contributed by atoms with Crippen LogP contribution in [-0.4, -0.2) is 29.3 Å². The Bertz CT molecular complexity index is 379. The third-order valence-corrected chi connectivity index (χ3v) is 3.04. The number of aromatic nitrogens is 2. The van der Waals surface area contributed by atoms with Gasteiger partial charge in [0.2, 0.25) is 0 Å². The SMILES string of the molecule is CC(C)c1ncc(CO[C@H]2CCOC2)c(Cl)n1. The summed E-state index contributed by atoms with van der Waals surface area (Å²) >= 11 is 6.10. The van der Waals surface area contributed by atoms with Crippen LogP contribution in [0.4, 0.5) is 0 Å². The molecular formula is C12H17ClN2O2. The van der Waals surface area contributed by atoms with Gasteiger partial charge in [-0.2, -0.15) is 0 Å². The first-order valence-corrected chi connectivity index (χ1v) is 6.25. The van der Waals surface area contributed by atoms with Gasteiger partial charge in [0.25, 0.3) is 0 Å². The molecule has 94 valence electrons. The third kappa shape index (κ3) is 3.37. The maximum absolute atomic E-state index is 6.10. The van der Waals surface area contributed by atoms with Gasteiger partial charge in [-0.1, -0.05) is 25.4 Å². The summed E-state index contributed by atoms with van der Waals surface area (Å²) in [6.45, 7) is 5.98. The maximum Gasteiger partial charge on any atom is 0.138 e. The van der Waals surface area contributed by atoms with Crippen molar-refractivity contribution in [2.24, 2.45) is 0 Å². The van der Waals surface area contributed by atoms with Crippen molar-refractivity contribution in [1.29, 1.82) is 0 Å². The number of nitrogens with zero attached hydrogens (tertiary/aromatic N) is 2. The van der Waals surface area contributed by atoms with Gasteiger partial charge in [0.15, 0.2) is 0 Å². The fraction of sp³-hybridized carbons (Fsp3) is 0.667. The average Bonchev–Trinajstić information content (AvgIpc) is 2.80. The van der Waals surface area contributed by atoms with E-state index in [0.717, 1.165) is 24.4 Å². The highest BCUT2D eigenvalue weighted by atomic mass is 35.5. The van der Waals surface area contributed by atoms with Gasteiger partial charge in [-0.15, -0.1) is 0 Å². The van der Waals surface area contributed by atoms with Crippen molar-refractivity contribution < 1.29 is 9.47 Å². The molecule has 0 amide bonds. The van der Waals surface area contributed by atoms with Crippen molar-refractivity contribution in [1.82, 2.24) is 9.97 Å². The molecule has 1 saturated heterocycles. The van der Waals surface area contributed by atoms with Crippen molar-refractivity contribution in [2.75, 3.05) is 13.2 Å². The van der Waals surface area contributed by atoms with Crippen LogP contribution in [0.15, 0.2) is 6.20 Å². The minimum absolute atomic E-state index is 0.177. The molecule has 0 radical (unpaired) electrons. The van der Waals surface area contributed by atoms with Gasteiger partial charge in [0, 0.05) is 24.3 Å². The standard InChI is InChI=1S/C12H17ClN2O2/c1-8(2)12-14-5-9(11(13)15-12)6-17-10-3-4-16-7-10/h5,8,10H,3-4,6-7H2,1-2H3/t10-/m0/s1. The van der Waals surface area contributed by atoms with Gasteiger partial charge in [-0.05, 0) is 6.42 Å². The summed E-state index contributed by atoms with van der Waals surface area (Å²) in [5.41, 5.74) is 0.836. The molecule has 0 unspecified atom stereocenters. The zero-order valence-electron chi connectivity index (χ0n) is 10.1. The van der Waals surface area contributed by atoms with E-state index in [-0.39, 0.29) is 12.0 Å². The van der Waals surface area contributed by atoms with Gasteiger partial charge < -0.3 is 9.47 Å². The van der Waals surface area contributed by atoms with E-state index in [2.05, 4.69) is 9.97 Å². The molecule has 1 aromatic rings. The number of hydrogen-bond acceptors (Lipinski definition) is 4. The smallest absolute Gasteiger partial charge is 0.138 e. The molecule has 1 aliphatic heterocycles. The molecule has 1 aromatic heterocycles. The Kier molecular flexibility index (Phi) is 4.31. The quantitative estimate of drug-likeness (QED) is 0.777. The van der Waals surface area contributed by atoms with Crippen LogP contribution >= 0.6 is 11.6 Å². The van der Waals surface area contributed by atoms with Crippen LogP contribution in [-0.2, 0) is 16.1 Å². The van der Waals surface area contributed by atoms with Gasteiger partial charge >= 0.3 is 0 Å². The Hall–Kier alpha value is -0.710. The molecule has 5 heteroatoms. The second-order valence-electron chi connectivity index (χ2n) is 4.50. The van der Waals surface area contributed by atoms with Crippen molar-refractivity contribution in [2.45, 2.75) is 38.9 Å². The van der Waals surface area contributed by atoms with E-state index in [4.69, 9.17) is 21.1 Å². The summed E-state index contributed by atoms with van der Waals surface area (Å²) in [5, 5.41) is 0.489. The summed E-state index contributed by atoms with van der Waals surface area (Å²) in [5.74, 6) is 1.05. The van der Waals surface area contributed by atoms with Crippen LogP contribution in [0.3, 0.4) is 0 Å². The Labute approximate surface area is 106 Å². The van der Waals surface area contributed by atoms with E-state index in [0.29, 0.717) is 18.4 Å². The molecule has 0 spiro atoms. The molecule has 0 aromatic carbocycles. The van der Waals surface area contributed by atoms with Crippen LogP contribution in [0.1, 0.15) is 37.6 Å². The predicted octanol–water partition coefficient (Wildman–Crippen LogP) is 2.56. The van der Waals surface area contributed by atoms with Gasteiger partial charge in [-0.3, -0.25) is 0 Å².